The first-order valence-corrected chi connectivity index (χ1v) is 6.97. The number of hydrogen-bond donors (Lipinski definition) is 0. The van der Waals surface area contributed by atoms with Crippen LogP contribution in [-0.4, -0.2) is 47.2 Å². The average Bonchev–Trinajstić information content (AvgIpc) is 3.03. The van der Waals surface area contributed by atoms with Crippen molar-refractivity contribution >= 4 is 23.8 Å². The van der Waals surface area contributed by atoms with Crippen LogP contribution in [0.2, 0.25) is 0 Å². The molecule has 3 amide bonds. The zero-order chi connectivity index (χ0) is 14.8. The monoisotopic (exact) mass is 288 g/mol. The second kappa shape index (κ2) is 5.55. The molecule has 1 aromatic heterocycles. The van der Waals surface area contributed by atoms with Gasteiger partial charge in [0.2, 0.25) is 17.7 Å². The number of hydrogen-bond acceptors (Lipinski definition) is 4. The maximum Gasteiger partial charge on any atom is 0.246 e. The fraction of sp³-hybridized carbons (Fsp3) is 0.400. The minimum absolute atomic E-state index is 0.0817. The first-order chi connectivity index (χ1) is 10.1. The maximum atomic E-state index is 11.9. The van der Waals surface area contributed by atoms with Crippen molar-refractivity contribution < 1.29 is 18.8 Å². The third-order valence-electron chi connectivity index (χ3n) is 3.80. The van der Waals surface area contributed by atoms with Gasteiger partial charge < -0.3 is 9.32 Å². The lowest BCUT2D eigenvalue weighted by Gasteiger charge is -2.40. The van der Waals surface area contributed by atoms with Crippen LogP contribution >= 0.6 is 0 Å². The SMILES string of the molecule is O=C(/C=C/c1ccco1)N1CC(CN2C(=O)CCC2=O)C1. The van der Waals surface area contributed by atoms with E-state index in [-0.39, 0.29) is 23.6 Å². The summed E-state index contributed by atoms with van der Waals surface area (Å²) in [5, 5.41) is 0. The summed E-state index contributed by atoms with van der Waals surface area (Å²) in [5.41, 5.74) is 0. The molecule has 0 unspecified atom stereocenters. The van der Waals surface area contributed by atoms with Gasteiger partial charge in [-0.3, -0.25) is 19.3 Å². The van der Waals surface area contributed by atoms with Crippen LogP contribution in [0.1, 0.15) is 18.6 Å². The van der Waals surface area contributed by atoms with Crippen LogP contribution < -0.4 is 0 Å². The molecule has 6 heteroatoms. The van der Waals surface area contributed by atoms with E-state index in [1.807, 2.05) is 0 Å². The van der Waals surface area contributed by atoms with Crippen LogP contribution in [0.3, 0.4) is 0 Å². The Morgan fingerprint density at radius 3 is 2.62 bits per heavy atom. The molecule has 0 spiro atoms. The van der Waals surface area contributed by atoms with Crippen molar-refractivity contribution in [3.63, 3.8) is 0 Å². The van der Waals surface area contributed by atoms with Crippen LogP contribution in [0.5, 0.6) is 0 Å². The third kappa shape index (κ3) is 2.89. The molecule has 2 aliphatic heterocycles. The summed E-state index contributed by atoms with van der Waals surface area (Å²) in [6.45, 7) is 1.60. The minimum Gasteiger partial charge on any atom is -0.465 e. The number of nitrogens with zero attached hydrogens (tertiary/aromatic N) is 2. The zero-order valence-corrected chi connectivity index (χ0v) is 11.5. The predicted molar refractivity (Wildman–Crippen MR) is 73.8 cm³/mol. The second-order valence-corrected chi connectivity index (χ2v) is 5.36. The van der Waals surface area contributed by atoms with E-state index in [1.54, 1.807) is 29.4 Å². The lowest BCUT2D eigenvalue weighted by molar-refractivity contribution is -0.141. The zero-order valence-electron chi connectivity index (χ0n) is 11.5. The number of amides is 3. The van der Waals surface area contributed by atoms with Gasteiger partial charge in [0.25, 0.3) is 0 Å². The lowest BCUT2D eigenvalue weighted by Crippen LogP contribution is -2.54. The van der Waals surface area contributed by atoms with Gasteiger partial charge in [0, 0.05) is 44.5 Å². The van der Waals surface area contributed by atoms with Crippen LogP contribution in [0.15, 0.2) is 28.9 Å². The van der Waals surface area contributed by atoms with E-state index in [4.69, 9.17) is 4.42 Å². The van der Waals surface area contributed by atoms with Crippen LogP contribution in [-0.2, 0) is 14.4 Å². The van der Waals surface area contributed by atoms with Gasteiger partial charge in [0.15, 0.2) is 0 Å². The van der Waals surface area contributed by atoms with E-state index in [2.05, 4.69) is 0 Å². The van der Waals surface area contributed by atoms with Crippen molar-refractivity contribution in [3.8, 4) is 0 Å². The first kappa shape index (κ1) is 13.6. The highest BCUT2D eigenvalue weighted by Gasteiger charge is 2.36. The van der Waals surface area contributed by atoms with Crippen LogP contribution in [0, 0.1) is 5.92 Å². The Labute approximate surface area is 122 Å². The molecule has 0 radical (unpaired) electrons. The Balaban J connectivity index is 1.46. The fourth-order valence-electron chi connectivity index (χ4n) is 2.59. The molecular formula is C15H16N2O4. The van der Waals surface area contributed by atoms with Gasteiger partial charge >= 0.3 is 0 Å². The molecule has 1 aromatic rings. The highest BCUT2D eigenvalue weighted by atomic mass is 16.3. The van der Waals surface area contributed by atoms with Crippen molar-refractivity contribution in [2.45, 2.75) is 12.8 Å². The van der Waals surface area contributed by atoms with E-state index in [0.717, 1.165) is 0 Å². The van der Waals surface area contributed by atoms with E-state index in [1.165, 1.54) is 11.0 Å². The average molecular weight is 288 g/mol. The summed E-state index contributed by atoms with van der Waals surface area (Å²) in [4.78, 5) is 37.9. The molecule has 0 saturated carbocycles. The fourth-order valence-corrected chi connectivity index (χ4v) is 2.59. The van der Waals surface area contributed by atoms with Gasteiger partial charge in [-0.15, -0.1) is 0 Å². The van der Waals surface area contributed by atoms with Crippen molar-refractivity contribution in [3.05, 3.63) is 30.2 Å². The summed E-state index contributed by atoms with van der Waals surface area (Å²) in [7, 11) is 0. The van der Waals surface area contributed by atoms with Gasteiger partial charge in [-0.25, -0.2) is 0 Å². The van der Waals surface area contributed by atoms with Gasteiger partial charge in [0.05, 0.1) is 6.26 Å². The summed E-state index contributed by atoms with van der Waals surface area (Å²) in [6.07, 6.45) is 5.29. The van der Waals surface area contributed by atoms with E-state index in [0.29, 0.717) is 38.2 Å². The Hall–Kier alpha value is -2.37. The molecular weight excluding hydrogens is 272 g/mol. The predicted octanol–water partition coefficient (Wildman–Crippen LogP) is 0.900. The molecule has 0 bridgehead atoms. The number of imide groups is 1. The normalized spacial score (nSPS) is 19.6. The number of carbonyl (C=O) groups is 3. The maximum absolute atomic E-state index is 11.9. The molecule has 110 valence electrons. The molecule has 21 heavy (non-hydrogen) atoms. The summed E-state index contributed by atoms with van der Waals surface area (Å²) in [6, 6.07) is 3.53. The summed E-state index contributed by atoms with van der Waals surface area (Å²) in [5.74, 6) is 0.553. The molecule has 3 heterocycles. The van der Waals surface area contributed by atoms with Crippen LogP contribution in [0.25, 0.3) is 6.08 Å². The summed E-state index contributed by atoms with van der Waals surface area (Å²) < 4.78 is 5.11. The number of carbonyl (C=O) groups excluding carboxylic acids is 3. The smallest absolute Gasteiger partial charge is 0.246 e. The van der Waals surface area contributed by atoms with Crippen molar-refractivity contribution in [1.29, 1.82) is 0 Å². The number of likely N-dealkylation sites (tertiary alicyclic amines) is 2. The molecule has 0 aliphatic carbocycles. The number of furan rings is 1. The van der Waals surface area contributed by atoms with Gasteiger partial charge in [-0.2, -0.15) is 0 Å². The summed E-state index contributed by atoms with van der Waals surface area (Å²) >= 11 is 0. The topological polar surface area (TPSA) is 70.8 Å². The van der Waals surface area contributed by atoms with E-state index >= 15 is 0 Å². The highest BCUT2D eigenvalue weighted by molar-refractivity contribution is 6.02. The largest absolute Gasteiger partial charge is 0.465 e. The van der Waals surface area contributed by atoms with Crippen LogP contribution in [0.4, 0.5) is 0 Å². The van der Waals surface area contributed by atoms with Gasteiger partial charge in [-0.1, -0.05) is 0 Å². The second-order valence-electron chi connectivity index (χ2n) is 5.36. The van der Waals surface area contributed by atoms with Crippen molar-refractivity contribution in [2.24, 2.45) is 5.92 Å². The Kier molecular flexibility index (Phi) is 3.60. The molecule has 0 atom stereocenters. The Bertz CT molecular complexity index is 569. The molecule has 0 aromatic carbocycles. The van der Waals surface area contributed by atoms with E-state index < -0.39 is 0 Å². The standard InChI is InChI=1S/C15H16N2O4/c18-13(4-3-12-2-1-7-21-12)16-8-11(9-16)10-17-14(19)5-6-15(17)20/h1-4,7,11H,5-6,8-10H2/b4-3+. The van der Waals surface area contributed by atoms with Gasteiger partial charge in [0.1, 0.15) is 5.76 Å². The molecule has 3 rings (SSSR count). The molecule has 0 N–H and O–H groups in total. The molecule has 2 fully saturated rings. The Morgan fingerprint density at radius 2 is 2.00 bits per heavy atom. The molecule has 2 saturated heterocycles. The first-order valence-electron chi connectivity index (χ1n) is 6.97. The van der Waals surface area contributed by atoms with Crippen molar-refractivity contribution in [1.82, 2.24) is 9.80 Å². The van der Waals surface area contributed by atoms with Gasteiger partial charge in [-0.05, 0) is 18.2 Å². The third-order valence-corrected chi connectivity index (χ3v) is 3.80. The lowest BCUT2D eigenvalue weighted by atomic mass is 9.99. The Morgan fingerprint density at radius 1 is 1.29 bits per heavy atom. The van der Waals surface area contributed by atoms with Crippen molar-refractivity contribution in [2.75, 3.05) is 19.6 Å². The molecule has 2 aliphatic rings. The molecule has 6 nitrogen and oxygen atoms in total. The number of rotatable bonds is 4. The minimum atomic E-state index is -0.0949. The highest BCUT2D eigenvalue weighted by Crippen LogP contribution is 2.21. The quantitative estimate of drug-likeness (QED) is 0.609. The van der Waals surface area contributed by atoms with E-state index in [9.17, 15) is 14.4 Å².